The smallest absolute Gasteiger partial charge is 0.139 e. The number of hydrogen-bond donors (Lipinski definition) is 1. The van der Waals surface area contributed by atoms with Gasteiger partial charge in [0.25, 0.3) is 0 Å². The molecule has 0 saturated carbocycles. The van der Waals surface area contributed by atoms with E-state index in [1.807, 2.05) is 47.4 Å². The summed E-state index contributed by atoms with van der Waals surface area (Å²) in [6, 6.07) is 12.9. The first-order chi connectivity index (χ1) is 8.93. The predicted octanol–water partition coefficient (Wildman–Crippen LogP) is 2.70. The number of hydrogen-bond acceptors (Lipinski definition) is 2. The van der Waals surface area contributed by atoms with Gasteiger partial charge < -0.3 is 4.98 Å². The standard InChI is InChI=1S/C14H9N4/c1-2-6-12-10(4-1)8-17-18(12)13-9-16-14-11(13)5-3-7-15-14/h1,3-9H,(H,15,16). The Morgan fingerprint density at radius 1 is 1.28 bits per heavy atom. The number of pyridine rings is 1. The first-order valence-corrected chi connectivity index (χ1v) is 5.70. The SMILES string of the molecule is [c]1ccc2cnn(-c3c[nH]c4ncccc34)c2c1. The molecule has 3 aromatic heterocycles. The van der Waals surface area contributed by atoms with Gasteiger partial charge in [-0.05, 0) is 24.3 Å². The quantitative estimate of drug-likeness (QED) is 0.549. The molecule has 18 heavy (non-hydrogen) atoms. The van der Waals surface area contributed by atoms with Crippen LogP contribution in [0.4, 0.5) is 0 Å². The van der Waals surface area contributed by atoms with Crippen LogP contribution in [0.25, 0.3) is 27.6 Å². The minimum absolute atomic E-state index is 0.871. The number of nitrogens with one attached hydrogen (secondary N) is 1. The average Bonchev–Trinajstić information content (AvgIpc) is 3.01. The first-order valence-electron chi connectivity index (χ1n) is 5.70. The number of rotatable bonds is 1. The third-order valence-electron chi connectivity index (χ3n) is 3.07. The number of H-pyrrole nitrogens is 1. The van der Waals surface area contributed by atoms with E-state index in [2.05, 4.69) is 21.1 Å². The summed E-state index contributed by atoms with van der Waals surface area (Å²) in [5.41, 5.74) is 2.92. The van der Waals surface area contributed by atoms with Gasteiger partial charge in [0.2, 0.25) is 0 Å². The van der Waals surface area contributed by atoms with Gasteiger partial charge in [0.15, 0.2) is 0 Å². The van der Waals surface area contributed by atoms with Gasteiger partial charge in [0.05, 0.1) is 17.4 Å². The van der Waals surface area contributed by atoms with Gasteiger partial charge in [-0.2, -0.15) is 5.10 Å². The highest BCUT2D eigenvalue weighted by Crippen LogP contribution is 2.23. The molecule has 1 radical (unpaired) electrons. The molecule has 0 atom stereocenters. The normalized spacial score (nSPS) is 11.3. The molecule has 0 aliphatic carbocycles. The summed E-state index contributed by atoms with van der Waals surface area (Å²) in [6.45, 7) is 0. The van der Waals surface area contributed by atoms with Crippen molar-refractivity contribution in [3.05, 3.63) is 55.0 Å². The summed E-state index contributed by atoms with van der Waals surface area (Å²) < 4.78 is 1.91. The first kappa shape index (κ1) is 9.41. The van der Waals surface area contributed by atoms with E-state index in [1.54, 1.807) is 6.20 Å². The van der Waals surface area contributed by atoms with E-state index < -0.39 is 0 Å². The Labute approximate surface area is 103 Å². The fourth-order valence-electron chi connectivity index (χ4n) is 2.22. The van der Waals surface area contributed by atoms with E-state index >= 15 is 0 Å². The third kappa shape index (κ3) is 1.20. The van der Waals surface area contributed by atoms with Crippen LogP contribution >= 0.6 is 0 Å². The molecule has 0 unspecified atom stereocenters. The Morgan fingerprint density at radius 3 is 3.28 bits per heavy atom. The minimum atomic E-state index is 0.871. The number of aromatic amines is 1. The van der Waals surface area contributed by atoms with Gasteiger partial charge in [-0.15, -0.1) is 0 Å². The van der Waals surface area contributed by atoms with Crippen molar-refractivity contribution >= 4 is 21.9 Å². The lowest BCUT2D eigenvalue weighted by atomic mass is 10.2. The highest BCUT2D eigenvalue weighted by atomic mass is 15.3. The molecule has 0 spiro atoms. The Bertz CT molecular complexity index is 769. The molecule has 0 saturated heterocycles. The van der Waals surface area contributed by atoms with E-state index in [1.165, 1.54) is 0 Å². The molecule has 1 aromatic carbocycles. The van der Waals surface area contributed by atoms with E-state index in [-0.39, 0.29) is 0 Å². The van der Waals surface area contributed by atoms with Crippen LogP contribution in [0, 0.1) is 6.07 Å². The van der Waals surface area contributed by atoms with Crippen LogP contribution < -0.4 is 0 Å². The molecule has 85 valence electrons. The molecule has 3 heterocycles. The van der Waals surface area contributed by atoms with Crippen molar-refractivity contribution < 1.29 is 0 Å². The number of aromatic nitrogens is 4. The molecule has 0 bridgehead atoms. The lowest BCUT2D eigenvalue weighted by molar-refractivity contribution is 0.917. The van der Waals surface area contributed by atoms with Crippen LogP contribution in [0.1, 0.15) is 0 Å². The molecule has 4 aromatic rings. The predicted molar refractivity (Wildman–Crippen MR) is 69.6 cm³/mol. The molecule has 4 heteroatoms. The zero-order chi connectivity index (χ0) is 11.9. The van der Waals surface area contributed by atoms with Crippen LogP contribution in [0.15, 0.2) is 48.9 Å². The van der Waals surface area contributed by atoms with Crippen LogP contribution in [-0.2, 0) is 0 Å². The molecule has 0 fully saturated rings. The largest absolute Gasteiger partial charge is 0.344 e. The molecule has 0 amide bonds. The Balaban J connectivity index is 2.08. The summed E-state index contributed by atoms with van der Waals surface area (Å²) in [5.74, 6) is 0. The van der Waals surface area contributed by atoms with Crippen LogP contribution in [0.3, 0.4) is 0 Å². The van der Waals surface area contributed by atoms with Crippen molar-refractivity contribution in [3.63, 3.8) is 0 Å². The second-order valence-electron chi connectivity index (χ2n) is 4.11. The minimum Gasteiger partial charge on any atom is -0.344 e. The third-order valence-corrected chi connectivity index (χ3v) is 3.07. The van der Waals surface area contributed by atoms with Gasteiger partial charge in [0, 0.05) is 23.2 Å². The van der Waals surface area contributed by atoms with E-state index in [0.717, 1.165) is 27.6 Å². The maximum Gasteiger partial charge on any atom is 0.139 e. The molecular formula is C14H9N4. The second-order valence-corrected chi connectivity index (χ2v) is 4.11. The second kappa shape index (κ2) is 3.43. The van der Waals surface area contributed by atoms with Crippen molar-refractivity contribution in [1.29, 1.82) is 0 Å². The summed E-state index contributed by atoms with van der Waals surface area (Å²) in [7, 11) is 0. The summed E-state index contributed by atoms with van der Waals surface area (Å²) in [5, 5.41) is 6.60. The van der Waals surface area contributed by atoms with E-state index in [9.17, 15) is 0 Å². The maximum absolute atomic E-state index is 4.44. The van der Waals surface area contributed by atoms with E-state index in [0.29, 0.717) is 0 Å². The van der Waals surface area contributed by atoms with Crippen molar-refractivity contribution in [2.75, 3.05) is 0 Å². The summed E-state index contributed by atoms with van der Waals surface area (Å²) in [6.07, 6.45) is 5.56. The molecular weight excluding hydrogens is 224 g/mol. The van der Waals surface area contributed by atoms with Crippen molar-refractivity contribution in [2.24, 2.45) is 0 Å². The highest BCUT2D eigenvalue weighted by Gasteiger charge is 2.09. The van der Waals surface area contributed by atoms with Gasteiger partial charge in [-0.25, -0.2) is 9.67 Å². The molecule has 1 N–H and O–H groups in total. The number of nitrogens with zero attached hydrogens (tertiary/aromatic N) is 3. The molecule has 4 nitrogen and oxygen atoms in total. The van der Waals surface area contributed by atoms with Gasteiger partial charge in [-0.3, -0.25) is 0 Å². The Kier molecular flexibility index (Phi) is 1.80. The monoisotopic (exact) mass is 233 g/mol. The Hall–Kier alpha value is -2.62. The zero-order valence-corrected chi connectivity index (χ0v) is 9.46. The van der Waals surface area contributed by atoms with Crippen molar-refractivity contribution in [3.8, 4) is 5.69 Å². The van der Waals surface area contributed by atoms with Crippen molar-refractivity contribution in [1.82, 2.24) is 19.7 Å². The molecule has 0 aliphatic heterocycles. The van der Waals surface area contributed by atoms with Crippen LogP contribution in [0.2, 0.25) is 0 Å². The molecule has 4 rings (SSSR count). The fraction of sp³-hybridized carbons (Fsp3) is 0. The van der Waals surface area contributed by atoms with Crippen LogP contribution in [-0.4, -0.2) is 19.7 Å². The Morgan fingerprint density at radius 2 is 2.28 bits per heavy atom. The van der Waals surface area contributed by atoms with Gasteiger partial charge in [0.1, 0.15) is 5.65 Å². The average molecular weight is 233 g/mol. The van der Waals surface area contributed by atoms with Gasteiger partial charge in [-0.1, -0.05) is 12.1 Å². The fourth-order valence-corrected chi connectivity index (χ4v) is 2.22. The van der Waals surface area contributed by atoms with Gasteiger partial charge >= 0.3 is 0 Å². The maximum atomic E-state index is 4.44. The van der Waals surface area contributed by atoms with E-state index in [4.69, 9.17) is 0 Å². The summed E-state index contributed by atoms with van der Waals surface area (Å²) in [4.78, 5) is 7.45. The lowest BCUT2D eigenvalue weighted by Crippen LogP contribution is -1.94. The lowest BCUT2D eigenvalue weighted by Gasteiger charge is -2.00. The highest BCUT2D eigenvalue weighted by molar-refractivity contribution is 5.88. The van der Waals surface area contributed by atoms with Crippen LogP contribution in [0.5, 0.6) is 0 Å². The topological polar surface area (TPSA) is 46.5 Å². The molecule has 0 aliphatic rings. The number of benzene rings is 1. The van der Waals surface area contributed by atoms with Crippen molar-refractivity contribution in [2.45, 2.75) is 0 Å². The zero-order valence-electron chi connectivity index (χ0n) is 9.46. The number of fused-ring (bicyclic) bond motifs is 2. The summed E-state index contributed by atoms with van der Waals surface area (Å²) >= 11 is 0.